The molecule has 51 heavy (non-hydrogen) atoms. The summed E-state index contributed by atoms with van der Waals surface area (Å²) in [5.41, 5.74) is 12.5. The van der Waals surface area contributed by atoms with Crippen molar-refractivity contribution in [2.75, 3.05) is 0 Å². The SMILES string of the molecule is O=P1(c2ccccc2)c2ccccc2-c2c1ccc1c3ccccc3n(-c3ccc(-c4cc(-c5ccccc5)cc(-c5ccccc5)c4)cc3)c21. The Balaban J connectivity index is 1.18. The summed E-state index contributed by atoms with van der Waals surface area (Å²) in [5.74, 6) is 0. The first-order chi connectivity index (χ1) is 25.2. The maximum Gasteiger partial charge on any atom is 0.172 e. The predicted octanol–water partition coefficient (Wildman–Crippen LogP) is 11.4. The monoisotopic (exact) mass is 669 g/mol. The molecule has 240 valence electrons. The van der Waals surface area contributed by atoms with Crippen LogP contribution in [-0.2, 0) is 4.57 Å². The van der Waals surface area contributed by atoms with E-state index in [1.165, 1.54) is 33.2 Å². The molecule has 2 nitrogen and oxygen atoms in total. The number of hydrogen-bond donors (Lipinski definition) is 0. The van der Waals surface area contributed by atoms with E-state index in [2.05, 4.69) is 162 Å². The van der Waals surface area contributed by atoms with Gasteiger partial charge in [0.25, 0.3) is 0 Å². The van der Waals surface area contributed by atoms with Gasteiger partial charge in [0.2, 0.25) is 0 Å². The second-order valence-corrected chi connectivity index (χ2v) is 15.9. The Morgan fingerprint density at radius 1 is 0.392 bits per heavy atom. The second kappa shape index (κ2) is 11.7. The highest BCUT2D eigenvalue weighted by molar-refractivity contribution is 7.86. The number of benzene rings is 8. The van der Waals surface area contributed by atoms with Gasteiger partial charge in [0.15, 0.2) is 7.14 Å². The average Bonchev–Trinajstić information content (AvgIpc) is 3.69. The van der Waals surface area contributed by atoms with E-state index in [1.807, 2.05) is 36.4 Å². The van der Waals surface area contributed by atoms with Crippen molar-refractivity contribution in [3.05, 3.63) is 194 Å². The van der Waals surface area contributed by atoms with Crippen LogP contribution in [0.2, 0.25) is 0 Å². The van der Waals surface area contributed by atoms with Crippen LogP contribution in [0.5, 0.6) is 0 Å². The normalized spacial score (nSPS) is 14.8. The lowest BCUT2D eigenvalue weighted by molar-refractivity contribution is 0.593. The summed E-state index contributed by atoms with van der Waals surface area (Å²) in [7, 11) is -3.08. The number of aromatic nitrogens is 1. The van der Waals surface area contributed by atoms with E-state index >= 15 is 4.57 Å². The van der Waals surface area contributed by atoms with Gasteiger partial charge in [0.05, 0.1) is 11.0 Å². The molecule has 1 aromatic heterocycles. The van der Waals surface area contributed by atoms with Gasteiger partial charge in [-0.05, 0) is 81.4 Å². The Hall–Kier alpha value is -6.21. The van der Waals surface area contributed by atoms with Gasteiger partial charge in [0.1, 0.15) is 0 Å². The molecule has 0 saturated carbocycles. The van der Waals surface area contributed by atoms with Crippen LogP contribution in [0.4, 0.5) is 0 Å². The van der Waals surface area contributed by atoms with Crippen LogP contribution in [0.3, 0.4) is 0 Å². The Bertz CT molecular complexity index is 2740. The molecule has 0 bridgehead atoms. The quantitative estimate of drug-likeness (QED) is 0.167. The minimum atomic E-state index is -3.08. The lowest BCUT2D eigenvalue weighted by Gasteiger charge is -2.16. The van der Waals surface area contributed by atoms with Crippen LogP contribution in [0.1, 0.15) is 0 Å². The van der Waals surface area contributed by atoms with Crippen molar-refractivity contribution >= 4 is 44.9 Å². The molecule has 0 saturated heterocycles. The first-order valence-electron chi connectivity index (χ1n) is 17.4. The number of hydrogen-bond acceptors (Lipinski definition) is 1. The molecule has 0 spiro atoms. The van der Waals surface area contributed by atoms with E-state index in [-0.39, 0.29) is 0 Å². The molecule has 0 radical (unpaired) electrons. The Kier molecular flexibility index (Phi) is 6.81. The van der Waals surface area contributed by atoms with Crippen LogP contribution in [-0.4, -0.2) is 4.57 Å². The summed E-state index contributed by atoms with van der Waals surface area (Å²) in [6, 6.07) is 68.2. The summed E-state index contributed by atoms with van der Waals surface area (Å²) in [6.45, 7) is 0. The van der Waals surface area contributed by atoms with Gasteiger partial charge in [-0.1, -0.05) is 152 Å². The van der Waals surface area contributed by atoms with Gasteiger partial charge in [-0.3, -0.25) is 0 Å². The zero-order chi connectivity index (χ0) is 33.9. The topological polar surface area (TPSA) is 22.0 Å². The van der Waals surface area contributed by atoms with Crippen molar-refractivity contribution in [2.45, 2.75) is 0 Å². The van der Waals surface area contributed by atoms with Gasteiger partial charge in [-0.25, -0.2) is 0 Å². The van der Waals surface area contributed by atoms with E-state index in [9.17, 15) is 0 Å². The van der Waals surface area contributed by atoms with Crippen LogP contribution >= 0.6 is 7.14 Å². The summed E-state index contributed by atoms with van der Waals surface area (Å²) in [4.78, 5) is 0. The largest absolute Gasteiger partial charge is 0.309 e. The smallest absolute Gasteiger partial charge is 0.172 e. The number of para-hydroxylation sites is 1. The van der Waals surface area contributed by atoms with Crippen LogP contribution in [0, 0.1) is 0 Å². The van der Waals surface area contributed by atoms with Crippen molar-refractivity contribution < 1.29 is 4.57 Å². The van der Waals surface area contributed by atoms with E-state index in [0.717, 1.165) is 54.7 Å². The van der Waals surface area contributed by atoms with Gasteiger partial charge < -0.3 is 9.13 Å². The third-order valence-electron chi connectivity index (χ3n) is 10.4. The van der Waals surface area contributed by atoms with E-state index in [0.29, 0.717) is 0 Å². The fourth-order valence-corrected chi connectivity index (χ4v) is 11.1. The lowest BCUT2D eigenvalue weighted by atomic mass is 9.93. The molecule has 2 heterocycles. The third-order valence-corrected chi connectivity index (χ3v) is 13.5. The second-order valence-electron chi connectivity index (χ2n) is 13.2. The standard InChI is InChI=1S/C48H32NOP/c50-51(40-18-8-3-9-19-40)45-23-13-11-21-43(45)47-46(51)29-28-42-41-20-10-12-22-44(41)49(48(42)47)39-26-24-35(25-27-39)38-31-36(33-14-4-1-5-15-33)30-37(32-38)34-16-6-2-7-17-34/h1-32H. The minimum absolute atomic E-state index is 0.871. The molecule has 1 aliphatic heterocycles. The van der Waals surface area contributed by atoms with Crippen LogP contribution in [0.15, 0.2) is 194 Å². The molecule has 0 N–H and O–H groups in total. The fraction of sp³-hybridized carbons (Fsp3) is 0. The molecule has 9 aromatic rings. The summed E-state index contributed by atoms with van der Waals surface area (Å²) in [6.07, 6.45) is 0. The van der Waals surface area contributed by atoms with Gasteiger partial charge in [-0.2, -0.15) is 0 Å². The Morgan fingerprint density at radius 2 is 0.922 bits per heavy atom. The van der Waals surface area contributed by atoms with Crippen molar-refractivity contribution in [1.82, 2.24) is 4.57 Å². The number of rotatable bonds is 5. The molecule has 1 unspecified atom stereocenters. The summed E-state index contributed by atoms with van der Waals surface area (Å²) < 4.78 is 17.8. The first kappa shape index (κ1) is 29.7. The number of nitrogens with zero attached hydrogens (tertiary/aromatic N) is 1. The maximum atomic E-state index is 15.4. The van der Waals surface area contributed by atoms with Crippen molar-refractivity contribution in [1.29, 1.82) is 0 Å². The molecule has 0 amide bonds. The minimum Gasteiger partial charge on any atom is -0.309 e. The highest BCUT2D eigenvalue weighted by Crippen LogP contribution is 2.54. The summed E-state index contributed by atoms with van der Waals surface area (Å²) >= 11 is 0. The molecule has 1 aliphatic rings. The van der Waals surface area contributed by atoms with E-state index in [4.69, 9.17) is 0 Å². The predicted molar refractivity (Wildman–Crippen MR) is 215 cm³/mol. The zero-order valence-corrected chi connectivity index (χ0v) is 28.7. The molecule has 0 aliphatic carbocycles. The van der Waals surface area contributed by atoms with Crippen LogP contribution < -0.4 is 15.9 Å². The maximum absolute atomic E-state index is 15.4. The average molecular weight is 670 g/mol. The van der Waals surface area contributed by atoms with Gasteiger partial charge in [0, 0.05) is 37.9 Å². The first-order valence-corrected chi connectivity index (χ1v) is 19.1. The third kappa shape index (κ3) is 4.61. The highest BCUT2D eigenvalue weighted by atomic mass is 31.2. The van der Waals surface area contributed by atoms with Gasteiger partial charge >= 0.3 is 0 Å². The lowest BCUT2D eigenvalue weighted by Crippen LogP contribution is -2.20. The molecule has 0 fully saturated rings. The fourth-order valence-electron chi connectivity index (χ4n) is 8.04. The van der Waals surface area contributed by atoms with E-state index < -0.39 is 7.14 Å². The Labute approximate surface area is 297 Å². The van der Waals surface area contributed by atoms with E-state index in [1.54, 1.807) is 0 Å². The van der Waals surface area contributed by atoms with Gasteiger partial charge in [-0.15, -0.1) is 0 Å². The molecule has 1 atom stereocenters. The number of fused-ring (bicyclic) bond motifs is 7. The molecule has 10 rings (SSSR count). The molecular weight excluding hydrogens is 638 g/mol. The molecule has 3 heteroatoms. The summed E-state index contributed by atoms with van der Waals surface area (Å²) in [5, 5.41) is 5.04. The molecular formula is C48H32NOP. The Morgan fingerprint density at radius 3 is 1.57 bits per heavy atom. The van der Waals surface area contributed by atoms with Crippen molar-refractivity contribution in [3.8, 4) is 50.2 Å². The van der Waals surface area contributed by atoms with Crippen LogP contribution in [0.25, 0.3) is 72.0 Å². The highest BCUT2D eigenvalue weighted by Gasteiger charge is 2.41. The van der Waals surface area contributed by atoms with Crippen molar-refractivity contribution in [2.24, 2.45) is 0 Å². The zero-order valence-electron chi connectivity index (χ0n) is 27.8. The van der Waals surface area contributed by atoms with Crippen molar-refractivity contribution in [3.63, 3.8) is 0 Å². The molecule has 8 aromatic carbocycles.